The van der Waals surface area contributed by atoms with Crippen molar-refractivity contribution in [3.63, 3.8) is 0 Å². The van der Waals surface area contributed by atoms with Gasteiger partial charge in [-0.25, -0.2) is 4.39 Å². The van der Waals surface area contributed by atoms with Crippen LogP contribution >= 0.6 is 0 Å². The van der Waals surface area contributed by atoms with E-state index in [0.717, 1.165) is 55.2 Å². The number of carbonyl (C=O) groups is 3. The number of aldehydes is 1. The zero-order chi connectivity index (χ0) is 36.4. The molecular weight excluding hydrogens is 615 g/mol. The molecule has 7 nitrogen and oxygen atoms in total. The molecule has 1 saturated heterocycles. The molecule has 2 aromatic carbocycles. The maximum Gasteiger partial charge on any atom is 0.239 e. The van der Waals surface area contributed by atoms with E-state index in [1.165, 1.54) is 25.7 Å². The molecule has 1 unspecified atom stereocenters. The largest absolute Gasteiger partial charge is 0.351 e. The highest BCUT2D eigenvalue weighted by Gasteiger charge is 2.73. The van der Waals surface area contributed by atoms with Crippen LogP contribution in [0.15, 0.2) is 48.5 Å². The number of nitrogens with zero attached hydrogens (tertiary/aromatic N) is 1. The zero-order valence-electron chi connectivity index (χ0n) is 31.4. The predicted octanol–water partition coefficient (Wildman–Crippen LogP) is 7.50. The molecule has 3 N–H and O–H groups in total. The van der Waals surface area contributed by atoms with E-state index in [1.807, 2.05) is 77.8 Å². The van der Waals surface area contributed by atoms with Crippen molar-refractivity contribution in [2.24, 2.45) is 17.3 Å². The molecule has 2 aromatic rings. The molecule has 1 aliphatic heterocycles. The fourth-order valence-electron chi connectivity index (χ4n) is 8.03. The maximum absolute atomic E-state index is 14.2. The number of halogens is 1. The van der Waals surface area contributed by atoms with Crippen LogP contribution in [0, 0.1) is 23.1 Å². The Labute approximate surface area is 298 Å². The minimum absolute atomic E-state index is 0. The number of hydrogen-bond acceptors (Lipinski definition) is 6. The van der Waals surface area contributed by atoms with E-state index in [-0.39, 0.29) is 43.3 Å². The van der Waals surface area contributed by atoms with E-state index in [1.54, 1.807) is 6.07 Å². The molecule has 8 rings (SSSR count). The summed E-state index contributed by atoms with van der Waals surface area (Å²) in [6.07, 6.45) is 10.8. The lowest BCUT2D eigenvalue weighted by Crippen LogP contribution is -2.79. The van der Waals surface area contributed by atoms with Gasteiger partial charge in [0.25, 0.3) is 0 Å². The van der Waals surface area contributed by atoms with Crippen LogP contribution in [-0.4, -0.2) is 60.3 Å². The Morgan fingerprint density at radius 3 is 2.06 bits per heavy atom. The third kappa shape index (κ3) is 9.44. The van der Waals surface area contributed by atoms with Gasteiger partial charge in [-0.15, -0.1) is 0 Å². The van der Waals surface area contributed by atoms with Crippen LogP contribution in [0.3, 0.4) is 0 Å². The van der Waals surface area contributed by atoms with E-state index in [0.29, 0.717) is 24.3 Å². The Hall–Kier alpha value is -2.94. The fraction of sp³-hybridized carbons (Fsp3) is 0.634. The van der Waals surface area contributed by atoms with E-state index in [4.69, 9.17) is 4.79 Å². The van der Waals surface area contributed by atoms with Gasteiger partial charge < -0.3 is 14.9 Å². The zero-order valence-corrected chi connectivity index (χ0v) is 31.4. The molecule has 276 valence electrons. The highest BCUT2D eigenvalue weighted by atomic mass is 19.1. The summed E-state index contributed by atoms with van der Waals surface area (Å²) in [5.74, 6) is 1.52. The van der Waals surface area contributed by atoms with Crippen LogP contribution in [-0.2, 0) is 33.8 Å². The van der Waals surface area contributed by atoms with E-state index >= 15 is 0 Å². The molecule has 5 aliphatic carbocycles. The van der Waals surface area contributed by atoms with Crippen LogP contribution < -0.4 is 16.0 Å². The number of aryl methyl sites for hydroxylation is 1. The lowest BCUT2D eigenvalue weighted by atomic mass is 9.37. The summed E-state index contributed by atoms with van der Waals surface area (Å²) >= 11 is 0. The average molecular weight is 683 g/mol. The second-order valence-corrected chi connectivity index (χ2v) is 14.7. The first-order valence-electron chi connectivity index (χ1n) is 18.7. The SMILES string of the molecule is C=O.CC.CC.CCc1ccc(CN(C)C23CC(C4N[C@@H](C(=O)NC(C5CC5)C5CC5)C(C)(C)N4)(C2)C3)cc1F.O=CCc1ccccc1.[HH].[HH]. The number of rotatable bonds is 11. The van der Waals surface area contributed by atoms with Gasteiger partial charge in [-0.2, -0.15) is 0 Å². The van der Waals surface area contributed by atoms with Crippen LogP contribution in [0.4, 0.5) is 4.39 Å². The molecule has 0 radical (unpaired) electrons. The van der Waals surface area contributed by atoms with Gasteiger partial charge in [0.1, 0.15) is 24.9 Å². The Balaban J connectivity index is 0.000000655. The van der Waals surface area contributed by atoms with Crippen molar-refractivity contribution >= 4 is 19.0 Å². The first kappa shape index (κ1) is 40.5. The van der Waals surface area contributed by atoms with Gasteiger partial charge in [0.2, 0.25) is 5.91 Å². The van der Waals surface area contributed by atoms with Gasteiger partial charge in [-0.3, -0.25) is 20.3 Å². The standard InChI is InChI=1S/C28H41FN4O.C8H8O.2C2H6.CH2O.2H2/c1-5-18-7-6-17(12-21(18)29)13-33(4)28-14-27(15-28,16-28)25-31-23(26(2,3)32-25)24(34)30-22(19-8-9-19)20-10-11-20;9-7-6-8-4-2-1-3-5-8;3*1-2;;/h6-7,12,19-20,22-23,25,31-32H,5,8-11,13-16H2,1-4H3,(H,30,34);1-5,7H,6H2;2*1-2H3;1H2;2*1H/t23-,25?,27?,28?;;;;;;/m0....../s1. The first-order valence-corrected chi connectivity index (χ1v) is 18.7. The molecule has 2 bridgehead atoms. The summed E-state index contributed by atoms with van der Waals surface area (Å²) in [5.41, 5.74) is 3.09. The van der Waals surface area contributed by atoms with Gasteiger partial charge in [-0.1, -0.05) is 77.1 Å². The van der Waals surface area contributed by atoms with Gasteiger partial charge in [0.05, 0.1) is 6.17 Å². The molecule has 8 heteroatoms. The summed E-state index contributed by atoms with van der Waals surface area (Å²) in [6, 6.07) is 15.6. The van der Waals surface area contributed by atoms with Crippen molar-refractivity contribution in [1.82, 2.24) is 20.9 Å². The fourth-order valence-corrected chi connectivity index (χ4v) is 8.03. The average Bonchev–Trinajstić information content (AvgIpc) is 4.01. The minimum Gasteiger partial charge on any atom is -0.351 e. The third-order valence-corrected chi connectivity index (χ3v) is 10.9. The molecular formula is C41H67FN4O3. The molecule has 49 heavy (non-hydrogen) atoms. The molecule has 1 amide bonds. The van der Waals surface area contributed by atoms with Crippen molar-refractivity contribution < 1.29 is 21.6 Å². The second kappa shape index (κ2) is 17.8. The van der Waals surface area contributed by atoms with Gasteiger partial charge >= 0.3 is 0 Å². The Kier molecular flexibility index (Phi) is 14.7. The Morgan fingerprint density at radius 2 is 1.57 bits per heavy atom. The molecule has 0 aromatic heterocycles. The topological polar surface area (TPSA) is 90.5 Å². The lowest BCUT2D eigenvalue weighted by Gasteiger charge is -2.75. The van der Waals surface area contributed by atoms with Crippen LogP contribution in [0.1, 0.15) is 113 Å². The van der Waals surface area contributed by atoms with Gasteiger partial charge in [-0.05, 0) is 107 Å². The summed E-state index contributed by atoms with van der Waals surface area (Å²) in [4.78, 5) is 33.7. The van der Waals surface area contributed by atoms with E-state index < -0.39 is 0 Å². The number of nitrogens with one attached hydrogen (secondary N) is 3. The summed E-state index contributed by atoms with van der Waals surface area (Å²) in [5, 5.41) is 11.0. The molecule has 1 heterocycles. The quantitative estimate of drug-likeness (QED) is 0.213. The summed E-state index contributed by atoms with van der Waals surface area (Å²) < 4.78 is 14.2. The molecule has 2 atom stereocenters. The summed E-state index contributed by atoms with van der Waals surface area (Å²) in [7, 11) is 2.18. The van der Waals surface area contributed by atoms with E-state index in [2.05, 4.69) is 47.8 Å². The van der Waals surface area contributed by atoms with Gasteiger partial charge in [0.15, 0.2) is 0 Å². The number of benzene rings is 2. The highest BCUT2D eigenvalue weighted by molar-refractivity contribution is 5.84. The van der Waals surface area contributed by atoms with Crippen LogP contribution in [0.25, 0.3) is 0 Å². The van der Waals surface area contributed by atoms with Crippen molar-refractivity contribution in [1.29, 1.82) is 0 Å². The molecule has 6 fully saturated rings. The monoisotopic (exact) mass is 683 g/mol. The van der Waals surface area contributed by atoms with Crippen molar-refractivity contribution in [2.45, 2.75) is 142 Å². The van der Waals surface area contributed by atoms with Crippen molar-refractivity contribution in [2.75, 3.05) is 7.05 Å². The highest BCUT2D eigenvalue weighted by Crippen LogP contribution is 2.71. The second-order valence-electron chi connectivity index (χ2n) is 14.7. The number of amides is 1. The van der Waals surface area contributed by atoms with Crippen molar-refractivity contribution in [3.8, 4) is 0 Å². The van der Waals surface area contributed by atoms with Crippen LogP contribution in [0.2, 0.25) is 0 Å². The molecule has 5 saturated carbocycles. The molecule has 6 aliphatic rings. The van der Waals surface area contributed by atoms with Gasteiger partial charge in [0, 0.05) is 38.4 Å². The number of hydrogen-bond donors (Lipinski definition) is 3. The van der Waals surface area contributed by atoms with E-state index in [9.17, 15) is 14.0 Å². The first-order chi connectivity index (χ1) is 23.6. The maximum atomic E-state index is 14.2. The molecule has 0 spiro atoms. The minimum atomic E-state index is -0.264. The number of carbonyl (C=O) groups excluding carboxylic acids is 3. The lowest BCUT2D eigenvalue weighted by molar-refractivity contribution is -0.233. The predicted molar refractivity (Wildman–Crippen MR) is 202 cm³/mol. The normalized spacial score (nSPS) is 26.8. The Morgan fingerprint density at radius 1 is 1.00 bits per heavy atom. The van der Waals surface area contributed by atoms with Crippen LogP contribution in [0.5, 0.6) is 0 Å². The van der Waals surface area contributed by atoms with Crippen molar-refractivity contribution in [3.05, 3.63) is 71.0 Å². The smallest absolute Gasteiger partial charge is 0.239 e. The summed E-state index contributed by atoms with van der Waals surface area (Å²) in [6.45, 7) is 17.1. The third-order valence-electron chi connectivity index (χ3n) is 10.9. The Bertz CT molecular complexity index is 1320.